The average molecular weight is 299 g/mol. The first-order valence-corrected chi connectivity index (χ1v) is 7.68. The monoisotopic (exact) mass is 299 g/mol. The van der Waals surface area contributed by atoms with E-state index in [4.69, 9.17) is 0 Å². The lowest BCUT2D eigenvalue weighted by molar-refractivity contribution is -0.122. The largest absolute Gasteiger partial charge is 0.353 e. The fourth-order valence-electron chi connectivity index (χ4n) is 2.27. The third-order valence-corrected chi connectivity index (χ3v) is 3.97. The Labute approximate surface area is 131 Å². The van der Waals surface area contributed by atoms with Crippen LogP contribution >= 0.6 is 0 Å². The second kappa shape index (κ2) is 7.21. The predicted octanol–water partition coefficient (Wildman–Crippen LogP) is 4.51. The summed E-state index contributed by atoms with van der Waals surface area (Å²) in [4.78, 5) is 12.1. The molecule has 0 aliphatic heterocycles. The van der Waals surface area contributed by atoms with Crippen molar-refractivity contribution >= 4 is 5.91 Å². The standard InChI is InChI=1S/C19H22FNO/c1-4-13(2)21-19(22)14(3)16-10-11-17(18(20)12-16)15-8-6-5-7-9-15/h5-14H,4H2,1-3H3,(H,21,22)/t13?,14-/m0/s1. The number of hydrogen-bond acceptors (Lipinski definition) is 1. The molecule has 0 saturated carbocycles. The van der Waals surface area contributed by atoms with Crippen molar-refractivity contribution in [3.63, 3.8) is 0 Å². The molecule has 1 unspecified atom stereocenters. The van der Waals surface area contributed by atoms with E-state index in [1.54, 1.807) is 13.0 Å². The van der Waals surface area contributed by atoms with Gasteiger partial charge in [0.05, 0.1) is 5.92 Å². The molecule has 0 fully saturated rings. The minimum absolute atomic E-state index is 0.0683. The Bertz CT molecular complexity index is 639. The van der Waals surface area contributed by atoms with Crippen LogP contribution in [0, 0.1) is 5.82 Å². The van der Waals surface area contributed by atoms with Crippen LogP contribution in [0.25, 0.3) is 11.1 Å². The van der Waals surface area contributed by atoms with Gasteiger partial charge in [-0.25, -0.2) is 4.39 Å². The van der Waals surface area contributed by atoms with Gasteiger partial charge in [-0.3, -0.25) is 4.79 Å². The van der Waals surface area contributed by atoms with E-state index in [-0.39, 0.29) is 23.7 Å². The molecule has 2 atom stereocenters. The van der Waals surface area contributed by atoms with Crippen molar-refractivity contribution in [2.24, 2.45) is 0 Å². The lowest BCUT2D eigenvalue weighted by Gasteiger charge is -2.17. The summed E-state index contributed by atoms with van der Waals surface area (Å²) in [6.45, 7) is 5.78. The van der Waals surface area contributed by atoms with Crippen molar-refractivity contribution in [2.45, 2.75) is 39.2 Å². The van der Waals surface area contributed by atoms with Crippen molar-refractivity contribution in [3.05, 3.63) is 59.9 Å². The van der Waals surface area contributed by atoms with Crippen LogP contribution in [0.15, 0.2) is 48.5 Å². The van der Waals surface area contributed by atoms with E-state index in [1.807, 2.05) is 50.2 Å². The molecule has 22 heavy (non-hydrogen) atoms. The van der Waals surface area contributed by atoms with Crippen LogP contribution in [0.4, 0.5) is 4.39 Å². The maximum Gasteiger partial charge on any atom is 0.227 e. The summed E-state index contributed by atoms with van der Waals surface area (Å²) in [5.74, 6) is -0.735. The minimum Gasteiger partial charge on any atom is -0.353 e. The summed E-state index contributed by atoms with van der Waals surface area (Å²) in [5.41, 5.74) is 2.08. The predicted molar refractivity (Wildman–Crippen MR) is 88.1 cm³/mol. The number of carbonyl (C=O) groups is 1. The van der Waals surface area contributed by atoms with Crippen molar-refractivity contribution < 1.29 is 9.18 Å². The van der Waals surface area contributed by atoms with Crippen LogP contribution in [0.2, 0.25) is 0 Å². The number of hydrogen-bond donors (Lipinski definition) is 1. The topological polar surface area (TPSA) is 29.1 Å². The van der Waals surface area contributed by atoms with Crippen LogP contribution in [-0.4, -0.2) is 11.9 Å². The van der Waals surface area contributed by atoms with Crippen LogP contribution in [0.1, 0.15) is 38.7 Å². The average Bonchev–Trinajstić information content (AvgIpc) is 2.54. The molecule has 2 rings (SSSR count). The molecule has 0 radical (unpaired) electrons. The summed E-state index contributed by atoms with van der Waals surface area (Å²) >= 11 is 0. The van der Waals surface area contributed by atoms with Gasteiger partial charge in [0.1, 0.15) is 5.82 Å². The highest BCUT2D eigenvalue weighted by atomic mass is 19.1. The van der Waals surface area contributed by atoms with Gasteiger partial charge in [-0.1, -0.05) is 49.4 Å². The van der Waals surface area contributed by atoms with E-state index in [0.717, 1.165) is 12.0 Å². The van der Waals surface area contributed by atoms with Gasteiger partial charge in [0.25, 0.3) is 0 Å². The van der Waals surface area contributed by atoms with Gasteiger partial charge >= 0.3 is 0 Å². The number of halogens is 1. The molecule has 2 aromatic carbocycles. The van der Waals surface area contributed by atoms with Gasteiger partial charge in [-0.15, -0.1) is 0 Å². The number of benzene rings is 2. The second-order valence-electron chi connectivity index (χ2n) is 5.64. The highest BCUT2D eigenvalue weighted by molar-refractivity contribution is 5.83. The van der Waals surface area contributed by atoms with Gasteiger partial charge < -0.3 is 5.32 Å². The van der Waals surface area contributed by atoms with Crippen LogP contribution in [0.3, 0.4) is 0 Å². The number of amides is 1. The highest BCUT2D eigenvalue weighted by Gasteiger charge is 2.18. The first-order chi connectivity index (χ1) is 10.5. The van der Waals surface area contributed by atoms with Gasteiger partial charge in [-0.05, 0) is 37.5 Å². The van der Waals surface area contributed by atoms with E-state index >= 15 is 0 Å². The third kappa shape index (κ3) is 3.73. The Kier molecular flexibility index (Phi) is 5.31. The lowest BCUT2D eigenvalue weighted by Crippen LogP contribution is -2.35. The molecule has 2 aromatic rings. The van der Waals surface area contributed by atoms with Crippen LogP contribution in [0.5, 0.6) is 0 Å². The molecule has 0 spiro atoms. The second-order valence-corrected chi connectivity index (χ2v) is 5.64. The molecule has 2 nitrogen and oxygen atoms in total. The Balaban J connectivity index is 2.20. The zero-order valence-corrected chi connectivity index (χ0v) is 13.3. The van der Waals surface area contributed by atoms with E-state index in [2.05, 4.69) is 5.32 Å². The summed E-state index contributed by atoms with van der Waals surface area (Å²) in [5, 5.41) is 2.93. The number of carbonyl (C=O) groups excluding carboxylic acids is 1. The molecular weight excluding hydrogens is 277 g/mol. The molecule has 0 saturated heterocycles. The summed E-state index contributed by atoms with van der Waals surface area (Å²) in [6, 6.07) is 14.6. The molecule has 0 heterocycles. The molecule has 0 bridgehead atoms. The summed E-state index contributed by atoms with van der Waals surface area (Å²) < 4.78 is 14.4. The zero-order chi connectivity index (χ0) is 16.1. The first-order valence-electron chi connectivity index (χ1n) is 7.68. The third-order valence-electron chi connectivity index (χ3n) is 3.97. The minimum atomic E-state index is -0.367. The van der Waals surface area contributed by atoms with E-state index in [9.17, 15) is 9.18 Å². The lowest BCUT2D eigenvalue weighted by atomic mass is 9.96. The van der Waals surface area contributed by atoms with Crippen molar-refractivity contribution in [1.29, 1.82) is 0 Å². The molecule has 0 aliphatic carbocycles. The van der Waals surface area contributed by atoms with Crippen molar-refractivity contribution in [2.75, 3.05) is 0 Å². The Morgan fingerprint density at radius 3 is 2.41 bits per heavy atom. The quantitative estimate of drug-likeness (QED) is 0.864. The van der Waals surface area contributed by atoms with E-state index in [1.165, 1.54) is 6.07 Å². The molecule has 116 valence electrons. The first kappa shape index (κ1) is 16.2. The maximum atomic E-state index is 14.4. The number of nitrogens with one attached hydrogen (secondary N) is 1. The molecule has 0 aromatic heterocycles. The van der Waals surface area contributed by atoms with Crippen molar-refractivity contribution in [1.82, 2.24) is 5.32 Å². The summed E-state index contributed by atoms with van der Waals surface area (Å²) in [6.07, 6.45) is 0.875. The fraction of sp³-hybridized carbons (Fsp3) is 0.316. The Hall–Kier alpha value is -2.16. The Morgan fingerprint density at radius 1 is 1.14 bits per heavy atom. The van der Waals surface area contributed by atoms with Crippen LogP contribution < -0.4 is 5.32 Å². The highest BCUT2D eigenvalue weighted by Crippen LogP contribution is 2.26. The van der Waals surface area contributed by atoms with Crippen LogP contribution in [-0.2, 0) is 4.79 Å². The van der Waals surface area contributed by atoms with Gasteiger partial charge in [0.2, 0.25) is 5.91 Å². The zero-order valence-electron chi connectivity index (χ0n) is 13.3. The number of rotatable bonds is 5. The van der Waals surface area contributed by atoms with Crippen molar-refractivity contribution in [3.8, 4) is 11.1 Å². The molecular formula is C19H22FNO. The SMILES string of the molecule is CCC(C)NC(=O)[C@@H](C)c1ccc(-c2ccccc2)c(F)c1. The molecule has 3 heteroatoms. The van der Waals surface area contributed by atoms with E-state index < -0.39 is 0 Å². The normalized spacial score (nSPS) is 13.5. The molecule has 1 N–H and O–H groups in total. The molecule has 1 amide bonds. The van der Waals surface area contributed by atoms with Gasteiger partial charge in [-0.2, -0.15) is 0 Å². The van der Waals surface area contributed by atoms with E-state index in [0.29, 0.717) is 11.1 Å². The maximum absolute atomic E-state index is 14.4. The van der Waals surface area contributed by atoms with Gasteiger partial charge in [0, 0.05) is 11.6 Å². The fourth-order valence-corrected chi connectivity index (χ4v) is 2.27. The Morgan fingerprint density at radius 2 is 1.82 bits per heavy atom. The van der Waals surface area contributed by atoms with Gasteiger partial charge in [0.15, 0.2) is 0 Å². The molecule has 0 aliphatic rings. The summed E-state index contributed by atoms with van der Waals surface area (Å²) in [7, 11) is 0. The smallest absolute Gasteiger partial charge is 0.227 e.